The maximum atomic E-state index is 9.52. The predicted octanol–water partition coefficient (Wildman–Crippen LogP) is 1.06. The van der Waals surface area contributed by atoms with Gasteiger partial charge in [-0.1, -0.05) is 17.7 Å². The molecule has 1 aromatic carbocycles. The van der Waals surface area contributed by atoms with Gasteiger partial charge in [0.1, 0.15) is 5.75 Å². The van der Waals surface area contributed by atoms with Crippen LogP contribution in [0.25, 0.3) is 0 Å². The molecule has 0 aliphatic carbocycles. The van der Waals surface area contributed by atoms with Gasteiger partial charge in [-0.25, -0.2) is 0 Å². The molecule has 0 aliphatic rings. The van der Waals surface area contributed by atoms with Crippen LogP contribution in [0.3, 0.4) is 0 Å². The average Bonchev–Trinajstić information content (AvgIpc) is 2.30. The van der Waals surface area contributed by atoms with E-state index >= 15 is 0 Å². The Bertz CT molecular complexity index is 347. The molecule has 0 saturated carbocycles. The van der Waals surface area contributed by atoms with Gasteiger partial charge in [-0.05, 0) is 24.6 Å². The van der Waals surface area contributed by atoms with E-state index in [1.165, 1.54) is 0 Å². The van der Waals surface area contributed by atoms with E-state index in [0.29, 0.717) is 17.4 Å². The van der Waals surface area contributed by atoms with Crippen LogP contribution in [0.15, 0.2) is 18.2 Å². The summed E-state index contributed by atoms with van der Waals surface area (Å²) < 4.78 is 5.30. The number of aliphatic hydroxyl groups is 1. The van der Waals surface area contributed by atoms with Crippen LogP contribution in [0.5, 0.6) is 5.75 Å². The highest BCUT2D eigenvalue weighted by Gasteiger charge is 2.16. The van der Waals surface area contributed by atoms with E-state index in [9.17, 15) is 5.11 Å². The molecule has 16 heavy (non-hydrogen) atoms. The Kier molecular flexibility index (Phi) is 5.02. The lowest BCUT2D eigenvalue weighted by atomic mass is 10.0. The summed E-state index contributed by atoms with van der Waals surface area (Å²) in [5.41, 5.74) is 11.9. The number of benzene rings is 1. The monoisotopic (exact) mass is 244 g/mol. The molecule has 0 saturated heterocycles. The van der Waals surface area contributed by atoms with Crippen LogP contribution in [0.2, 0.25) is 5.02 Å². The molecule has 1 rings (SSSR count). The fourth-order valence-corrected chi connectivity index (χ4v) is 1.61. The third-order valence-electron chi connectivity index (χ3n) is 2.30. The number of hydrogen-bond acceptors (Lipinski definition) is 4. The van der Waals surface area contributed by atoms with Crippen molar-refractivity contribution in [2.24, 2.45) is 11.5 Å². The largest absolute Gasteiger partial charge is 0.492 e. The summed E-state index contributed by atoms with van der Waals surface area (Å²) in [5, 5.41) is 10.0. The highest BCUT2D eigenvalue weighted by Crippen LogP contribution is 2.28. The van der Waals surface area contributed by atoms with E-state index in [1.807, 2.05) is 6.92 Å². The first-order valence-electron chi connectivity index (χ1n) is 5.16. The Hall–Kier alpha value is -0.810. The summed E-state index contributed by atoms with van der Waals surface area (Å²) in [6.45, 7) is 2.55. The minimum atomic E-state index is -0.769. The highest BCUT2D eigenvalue weighted by molar-refractivity contribution is 6.32. The highest BCUT2D eigenvalue weighted by atomic mass is 35.5. The number of hydrogen-bond donors (Lipinski definition) is 3. The SMILES string of the molecule is CCOc1ccc(C(N)C(O)CN)cc1Cl. The number of halogens is 1. The molecule has 5 N–H and O–H groups in total. The molecule has 90 valence electrons. The minimum absolute atomic E-state index is 0.117. The average molecular weight is 245 g/mol. The van der Waals surface area contributed by atoms with Gasteiger partial charge in [-0.15, -0.1) is 0 Å². The molecular formula is C11H17ClN2O2. The van der Waals surface area contributed by atoms with E-state index in [1.54, 1.807) is 18.2 Å². The number of aliphatic hydroxyl groups excluding tert-OH is 1. The zero-order valence-electron chi connectivity index (χ0n) is 9.19. The van der Waals surface area contributed by atoms with Gasteiger partial charge in [-0.3, -0.25) is 0 Å². The zero-order valence-corrected chi connectivity index (χ0v) is 9.95. The standard InChI is InChI=1S/C11H17ClN2O2/c1-2-16-10-4-3-7(5-8(10)12)11(14)9(15)6-13/h3-5,9,11,15H,2,6,13-14H2,1H3. The molecule has 0 spiro atoms. The third-order valence-corrected chi connectivity index (χ3v) is 2.59. The van der Waals surface area contributed by atoms with Gasteiger partial charge in [0.2, 0.25) is 0 Å². The summed E-state index contributed by atoms with van der Waals surface area (Å²) in [4.78, 5) is 0. The lowest BCUT2D eigenvalue weighted by Gasteiger charge is -2.18. The van der Waals surface area contributed by atoms with Gasteiger partial charge in [0.25, 0.3) is 0 Å². The van der Waals surface area contributed by atoms with Crippen molar-refractivity contribution < 1.29 is 9.84 Å². The molecule has 0 fully saturated rings. The molecule has 5 heteroatoms. The smallest absolute Gasteiger partial charge is 0.137 e. The molecule has 0 heterocycles. The summed E-state index contributed by atoms with van der Waals surface area (Å²) in [6.07, 6.45) is -0.769. The van der Waals surface area contributed by atoms with E-state index in [2.05, 4.69) is 0 Å². The molecule has 0 aromatic heterocycles. The van der Waals surface area contributed by atoms with Crippen LogP contribution in [0.1, 0.15) is 18.5 Å². The van der Waals surface area contributed by atoms with Crippen molar-refractivity contribution in [2.45, 2.75) is 19.1 Å². The minimum Gasteiger partial charge on any atom is -0.492 e. The fourth-order valence-electron chi connectivity index (χ4n) is 1.37. The van der Waals surface area contributed by atoms with E-state index in [0.717, 1.165) is 5.56 Å². The Morgan fingerprint density at radius 3 is 2.69 bits per heavy atom. The first-order chi connectivity index (χ1) is 7.60. The first kappa shape index (κ1) is 13.3. The molecule has 1 aromatic rings. The van der Waals surface area contributed by atoms with Gasteiger partial charge in [0, 0.05) is 6.54 Å². The normalized spacial score (nSPS) is 14.6. The second kappa shape index (κ2) is 6.06. The van der Waals surface area contributed by atoms with Gasteiger partial charge in [0.05, 0.1) is 23.8 Å². The molecule has 2 atom stereocenters. The molecule has 0 amide bonds. The van der Waals surface area contributed by atoms with Crippen LogP contribution in [0, 0.1) is 0 Å². The lowest BCUT2D eigenvalue weighted by Crippen LogP contribution is -2.32. The molecule has 0 aliphatic heterocycles. The summed E-state index contributed by atoms with van der Waals surface area (Å²) in [6, 6.07) is 4.68. The Labute approximate surface area is 100 Å². The summed E-state index contributed by atoms with van der Waals surface area (Å²) in [7, 11) is 0. The van der Waals surface area contributed by atoms with Crippen LogP contribution in [-0.2, 0) is 0 Å². The van der Waals surface area contributed by atoms with E-state index in [-0.39, 0.29) is 6.54 Å². The van der Waals surface area contributed by atoms with Crippen LogP contribution in [-0.4, -0.2) is 24.4 Å². The third kappa shape index (κ3) is 3.09. The maximum Gasteiger partial charge on any atom is 0.137 e. The quantitative estimate of drug-likeness (QED) is 0.723. The van der Waals surface area contributed by atoms with Crippen molar-refractivity contribution >= 4 is 11.6 Å². The molecule has 0 radical (unpaired) electrons. The Morgan fingerprint density at radius 2 is 2.19 bits per heavy atom. The van der Waals surface area contributed by atoms with Crippen LogP contribution in [0.4, 0.5) is 0 Å². The Balaban J connectivity index is 2.87. The van der Waals surface area contributed by atoms with Gasteiger partial charge >= 0.3 is 0 Å². The van der Waals surface area contributed by atoms with E-state index < -0.39 is 12.1 Å². The van der Waals surface area contributed by atoms with Crippen molar-refractivity contribution in [3.05, 3.63) is 28.8 Å². The van der Waals surface area contributed by atoms with Crippen LogP contribution < -0.4 is 16.2 Å². The first-order valence-corrected chi connectivity index (χ1v) is 5.53. The van der Waals surface area contributed by atoms with Gasteiger partial charge in [0.15, 0.2) is 0 Å². The molecule has 2 unspecified atom stereocenters. The molecule has 4 nitrogen and oxygen atoms in total. The molecular weight excluding hydrogens is 228 g/mol. The van der Waals surface area contributed by atoms with E-state index in [4.69, 9.17) is 27.8 Å². The molecule has 0 bridgehead atoms. The topological polar surface area (TPSA) is 81.5 Å². The van der Waals surface area contributed by atoms with Crippen molar-refractivity contribution in [3.63, 3.8) is 0 Å². The summed E-state index contributed by atoms with van der Waals surface area (Å²) in [5.74, 6) is 0.613. The van der Waals surface area contributed by atoms with Crippen molar-refractivity contribution in [1.82, 2.24) is 0 Å². The zero-order chi connectivity index (χ0) is 12.1. The van der Waals surface area contributed by atoms with Crippen LogP contribution >= 0.6 is 11.6 Å². The second-order valence-corrected chi connectivity index (χ2v) is 3.86. The number of rotatable bonds is 5. The van der Waals surface area contributed by atoms with Gasteiger partial charge < -0.3 is 21.3 Å². The lowest BCUT2D eigenvalue weighted by molar-refractivity contribution is 0.153. The summed E-state index contributed by atoms with van der Waals surface area (Å²) >= 11 is 6.01. The Morgan fingerprint density at radius 1 is 1.50 bits per heavy atom. The number of nitrogens with two attached hydrogens (primary N) is 2. The van der Waals surface area contributed by atoms with Crippen molar-refractivity contribution in [3.8, 4) is 5.75 Å². The number of ether oxygens (including phenoxy) is 1. The predicted molar refractivity (Wildman–Crippen MR) is 64.6 cm³/mol. The maximum absolute atomic E-state index is 9.52. The van der Waals surface area contributed by atoms with Crippen molar-refractivity contribution in [1.29, 1.82) is 0 Å². The fraction of sp³-hybridized carbons (Fsp3) is 0.455. The van der Waals surface area contributed by atoms with Crippen molar-refractivity contribution in [2.75, 3.05) is 13.2 Å². The second-order valence-electron chi connectivity index (χ2n) is 3.45. The van der Waals surface area contributed by atoms with Gasteiger partial charge in [-0.2, -0.15) is 0 Å².